The number of rotatable bonds is 3. The van der Waals surface area contributed by atoms with Crippen LogP contribution in [0.2, 0.25) is 0 Å². The zero-order valence-corrected chi connectivity index (χ0v) is 11.7. The molecule has 0 radical (unpaired) electrons. The van der Waals surface area contributed by atoms with Gasteiger partial charge in [0.25, 0.3) is 0 Å². The topological polar surface area (TPSA) is 32.3 Å². The number of carbonyl (C=O) groups is 1. The maximum atomic E-state index is 12.4. The van der Waals surface area contributed by atoms with E-state index in [0.29, 0.717) is 12.0 Å². The molecule has 3 unspecified atom stereocenters. The standard InChI is InChI=1S/C14H20N2OS/c1-9-14(17)16(10(2)11-5-3-6-11)13(15-9)12-7-4-8-18-12/h4,7-11,13,15H,3,5-6H2,1-2H3. The Morgan fingerprint density at radius 1 is 1.50 bits per heavy atom. The Bertz CT molecular complexity index is 427. The summed E-state index contributed by atoms with van der Waals surface area (Å²) in [4.78, 5) is 15.7. The van der Waals surface area contributed by atoms with Crippen LogP contribution in [0.25, 0.3) is 0 Å². The highest BCUT2D eigenvalue weighted by atomic mass is 32.1. The number of hydrogen-bond donors (Lipinski definition) is 1. The molecule has 1 aliphatic heterocycles. The zero-order chi connectivity index (χ0) is 12.7. The van der Waals surface area contributed by atoms with Crippen molar-refractivity contribution in [2.24, 2.45) is 5.92 Å². The van der Waals surface area contributed by atoms with E-state index in [9.17, 15) is 4.79 Å². The molecule has 2 aliphatic rings. The Balaban J connectivity index is 1.85. The fourth-order valence-electron chi connectivity index (χ4n) is 2.99. The lowest BCUT2D eigenvalue weighted by Gasteiger charge is -2.39. The van der Waals surface area contributed by atoms with Crippen LogP contribution in [-0.2, 0) is 4.79 Å². The SMILES string of the molecule is CC1NC(c2cccs2)N(C(C)C2CCC2)C1=O. The third-order valence-electron chi connectivity index (χ3n) is 4.39. The summed E-state index contributed by atoms with van der Waals surface area (Å²) < 4.78 is 0. The molecular formula is C14H20N2OS. The highest BCUT2D eigenvalue weighted by molar-refractivity contribution is 7.10. The van der Waals surface area contributed by atoms with E-state index in [-0.39, 0.29) is 18.1 Å². The van der Waals surface area contributed by atoms with Crippen LogP contribution in [0.3, 0.4) is 0 Å². The Labute approximate surface area is 112 Å². The largest absolute Gasteiger partial charge is 0.318 e. The van der Waals surface area contributed by atoms with E-state index in [1.165, 1.54) is 24.1 Å². The summed E-state index contributed by atoms with van der Waals surface area (Å²) >= 11 is 1.73. The first-order valence-electron chi connectivity index (χ1n) is 6.80. The summed E-state index contributed by atoms with van der Waals surface area (Å²) in [7, 11) is 0. The van der Waals surface area contributed by atoms with Gasteiger partial charge in [-0.1, -0.05) is 12.5 Å². The van der Waals surface area contributed by atoms with Crippen LogP contribution in [0.1, 0.15) is 44.2 Å². The van der Waals surface area contributed by atoms with Crippen molar-refractivity contribution in [1.82, 2.24) is 10.2 Å². The lowest BCUT2D eigenvalue weighted by atomic mass is 9.79. The molecule has 0 aromatic carbocycles. The van der Waals surface area contributed by atoms with Crippen LogP contribution >= 0.6 is 11.3 Å². The van der Waals surface area contributed by atoms with Crippen molar-refractivity contribution in [1.29, 1.82) is 0 Å². The van der Waals surface area contributed by atoms with E-state index in [4.69, 9.17) is 0 Å². The number of amides is 1. The van der Waals surface area contributed by atoms with Crippen LogP contribution in [0.4, 0.5) is 0 Å². The predicted octanol–water partition coefficient (Wildman–Crippen LogP) is 2.76. The van der Waals surface area contributed by atoms with Crippen LogP contribution in [0.5, 0.6) is 0 Å². The molecule has 0 spiro atoms. The monoisotopic (exact) mass is 264 g/mol. The first-order valence-corrected chi connectivity index (χ1v) is 7.68. The summed E-state index contributed by atoms with van der Waals surface area (Å²) in [6.07, 6.45) is 3.96. The third-order valence-corrected chi connectivity index (χ3v) is 5.32. The van der Waals surface area contributed by atoms with Crippen molar-refractivity contribution in [3.63, 3.8) is 0 Å². The number of hydrogen-bond acceptors (Lipinski definition) is 3. The maximum absolute atomic E-state index is 12.4. The molecule has 3 rings (SSSR count). The van der Waals surface area contributed by atoms with Crippen molar-refractivity contribution in [2.75, 3.05) is 0 Å². The molecule has 98 valence electrons. The van der Waals surface area contributed by atoms with Gasteiger partial charge in [-0.2, -0.15) is 0 Å². The molecule has 1 aliphatic carbocycles. The Morgan fingerprint density at radius 3 is 2.83 bits per heavy atom. The van der Waals surface area contributed by atoms with E-state index in [0.717, 1.165) is 0 Å². The fourth-order valence-corrected chi connectivity index (χ4v) is 3.77. The van der Waals surface area contributed by atoms with Gasteiger partial charge in [0.2, 0.25) is 5.91 Å². The van der Waals surface area contributed by atoms with Gasteiger partial charge >= 0.3 is 0 Å². The molecule has 1 saturated carbocycles. The zero-order valence-electron chi connectivity index (χ0n) is 10.9. The smallest absolute Gasteiger partial charge is 0.241 e. The highest BCUT2D eigenvalue weighted by Gasteiger charge is 2.43. The average Bonchev–Trinajstić information content (AvgIpc) is 2.85. The second-order valence-corrected chi connectivity index (χ2v) is 6.46. The lowest BCUT2D eigenvalue weighted by molar-refractivity contribution is -0.133. The molecule has 1 aromatic heterocycles. The normalized spacial score (nSPS) is 30.6. The van der Waals surface area contributed by atoms with Crippen molar-refractivity contribution in [3.8, 4) is 0 Å². The van der Waals surface area contributed by atoms with Gasteiger partial charge in [0, 0.05) is 10.9 Å². The molecular weight excluding hydrogens is 244 g/mol. The molecule has 1 N–H and O–H groups in total. The fraction of sp³-hybridized carbons (Fsp3) is 0.643. The molecule has 2 fully saturated rings. The van der Waals surface area contributed by atoms with Crippen LogP contribution in [0, 0.1) is 5.92 Å². The Kier molecular flexibility index (Phi) is 3.16. The van der Waals surface area contributed by atoms with Gasteiger partial charge in [0.15, 0.2) is 0 Å². The summed E-state index contributed by atoms with van der Waals surface area (Å²) in [5, 5.41) is 5.51. The van der Waals surface area contributed by atoms with E-state index < -0.39 is 0 Å². The van der Waals surface area contributed by atoms with Gasteiger partial charge in [0.1, 0.15) is 6.17 Å². The van der Waals surface area contributed by atoms with E-state index in [1.807, 2.05) is 6.92 Å². The maximum Gasteiger partial charge on any atom is 0.241 e. The van der Waals surface area contributed by atoms with Crippen molar-refractivity contribution < 1.29 is 4.79 Å². The average molecular weight is 264 g/mol. The first kappa shape index (κ1) is 12.2. The van der Waals surface area contributed by atoms with Gasteiger partial charge in [-0.15, -0.1) is 11.3 Å². The number of carbonyl (C=O) groups excluding carboxylic acids is 1. The van der Waals surface area contributed by atoms with Crippen molar-refractivity contribution in [2.45, 2.75) is 51.4 Å². The molecule has 0 bridgehead atoms. The summed E-state index contributed by atoms with van der Waals surface area (Å²) in [6, 6.07) is 4.48. The molecule has 3 nitrogen and oxygen atoms in total. The van der Waals surface area contributed by atoms with Gasteiger partial charge in [-0.25, -0.2) is 0 Å². The predicted molar refractivity (Wildman–Crippen MR) is 73.3 cm³/mol. The highest BCUT2D eigenvalue weighted by Crippen LogP contribution is 2.38. The van der Waals surface area contributed by atoms with E-state index in [2.05, 4.69) is 34.7 Å². The summed E-state index contributed by atoms with van der Waals surface area (Å²) in [6.45, 7) is 4.18. The molecule has 3 atom stereocenters. The summed E-state index contributed by atoms with van der Waals surface area (Å²) in [5.74, 6) is 0.955. The molecule has 1 aromatic rings. The second kappa shape index (κ2) is 4.67. The quantitative estimate of drug-likeness (QED) is 0.910. The van der Waals surface area contributed by atoms with Crippen LogP contribution < -0.4 is 5.32 Å². The number of thiophene rings is 1. The molecule has 18 heavy (non-hydrogen) atoms. The van der Waals surface area contributed by atoms with Crippen molar-refractivity contribution in [3.05, 3.63) is 22.4 Å². The van der Waals surface area contributed by atoms with E-state index in [1.54, 1.807) is 11.3 Å². The molecule has 4 heteroatoms. The molecule has 1 saturated heterocycles. The second-order valence-electron chi connectivity index (χ2n) is 5.48. The van der Waals surface area contributed by atoms with E-state index >= 15 is 0 Å². The van der Waals surface area contributed by atoms with Crippen LogP contribution in [-0.4, -0.2) is 22.9 Å². The van der Waals surface area contributed by atoms with Gasteiger partial charge in [-0.3, -0.25) is 10.1 Å². The minimum Gasteiger partial charge on any atom is -0.318 e. The van der Waals surface area contributed by atoms with Crippen molar-refractivity contribution >= 4 is 17.2 Å². The third kappa shape index (κ3) is 1.88. The minimum absolute atomic E-state index is 0.0559. The Hall–Kier alpha value is -0.870. The number of nitrogens with one attached hydrogen (secondary N) is 1. The van der Waals surface area contributed by atoms with Crippen LogP contribution in [0.15, 0.2) is 17.5 Å². The number of nitrogens with zero attached hydrogens (tertiary/aromatic N) is 1. The van der Waals surface area contributed by atoms with Gasteiger partial charge < -0.3 is 4.90 Å². The first-order chi connectivity index (χ1) is 8.68. The molecule has 2 heterocycles. The van der Waals surface area contributed by atoms with Gasteiger partial charge in [-0.05, 0) is 44.1 Å². The minimum atomic E-state index is -0.0559. The lowest BCUT2D eigenvalue weighted by Crippen LogP contribution is -2.44. The molecule has 1 amide bonds. The van der Waals surface area contributed by atoms with Gasteiger partial charge in [0.05, 0.1) is 6.04 Å². The summed E-state index contributed by atoms with van der Waals surface area (Å²) in [5.41, 5.74) is 0. The Morgan fingerprint density at radius 2 is 2.28 bits per heavy atom.